The Morgan fingerprint density at radius 2 is 2.16 bits per heavy atom. The minimum Gasteiger partial charge on any atom is -0.473 e. The lowest BCUT2D eigenvalue weighted by molar-refractivity contribution is 0.285. The molecular weight excluding hydrogens is 267 g/mol. The maximum absolute atomic E-state index is 13.4. The third-order valence-corrected chi connectivity index (χ3v) is 2.89. The summed E-state index contributed by atoms with van der Waals surface area (Å²) in [6, 6.07) is 7.99. The van der Waals surface area contributed by atoms with Crippen molar-refractivity contribution in [3.05, 3.63) is 41.7 Å². The highest BCUT2D eigenvalue weighted by Gasteiger charge is 2.06. The van der Waals surface area contributed by atoms with Gasteiger partial charge in [-0.05, 0) is 12.3 Å². The molecule has 0 aliphatic rings. The summed E-state index contributed by atoms with van der Waals surface area (Å²) in [5.74, 6) is 5.79. The highest BCUT2D eigenvalue weighted by atomic mass is 32.2. The van der Waals surface area contributed by atoms with Gasteiger partial charge in [-0.15, -0.1) is 0 Å². The molecule has 1 aromatic heterocycles. The van der Waals surface area contributed by atoms with Crippen LogP contribution in [0.2, 0.25) is 0 Å². The number of nitrogens with one attached hydrogen (secondary N) is 1. The van der Waals surface area contributed by atoms with Gasteiger partial charge in [0.1, 0.15) is 18.2 Å². The summed E-state index contributed by atoms with van der Waals surface area (Å²) >= 11 is 1.37. The molecule has 0 saturated heterocycles. The van der Waals surface area contributed by atoms with Crippen molar-refractivity contribution in [3.63, 3.8) is 0 Å². The van der Waals surface area contributed by atoms with E-state index in [-0.39, 0.29) is 12.4 Å². The smallest absolute Gasteiger partial charge is 0.219 e. The van der Waals surface area contributed by atoms with Crippen molar-refractivity contribution in [1.29, 1.82) is 0 Å². The molecule has 1 aromatic carbocycles. The minimum atomic E-state index is -0.307. The van der Waals surface area contributed by atoms with E-state index in [0.717, 1.165) is 0 Å². The van der Waals surface area contributed by atoms with Gasteiger partial charge in [0.2, 0.25) is 5.88 Å². The van der Waals surface area contributed by atoms with Crippen LogP contribution in [0.4, 0.5) is 10.2 Å². The lowest BCUT2D eigenvalue weighted by Crippen LogP contribution is -2.10. The molecule has 0 aliphatic heterocycles. The molecule has 0 spiro atoms. The number of hydrogen-bond acceptors (Lipinski definition) is 6. The second kappa shape index (κ2) is 6.35. The van der Waals surface area contributed by atoms with Crippen molar-refractivity contribution in [1.82, 2.24) is 9.97 Å². The van der Waals surface area contributed by atoms with Crippen LogP contribution in [0.1, 0.15) is 5.56 Å². The fourth-order valence-electron chi connectivity index (χ4n) is 1.41. The highest BCUT2D eigenvalue weighted by molar-refractivity contribution is 7.98. The molecule has 2 rings (SSSR count). The molecule has 7 heteroatoms. The largest absolute Gasteiger partial charge is 0.473 e. The lowest BCUT2D eigenvalue weighted by Gasteiger charge is -2.08. The average Bonchev–Trinajstić information content (AvgIpc) is 2.46. The Balaban J connectivity index is 2.13. The molecule has 2 aromatic rings. The van der Waals surface area contributed by atoms with E-state index < -0.39 is 0 Å². The number of hydrazine groups is 1. The summed E-state index contributed by atoms with van der Waals surface area (Å²) in [5.41, 5.74) is 2.90. The maximum Gasteiger partial charge on any atom is 0.219 e. The van der Waals surface area contributed by atoms with Crippen molar-refractivity contribution in [3.8, 4) is 5.88 Å². The Labute approximate surface area is 114 Å². The van der Waals surface area contributed by atoms with E-state index in [1.165, 1.54) is 17.8 Å². The highest BCUT2D eigenvalue weighted by Crippen LogP contribution is 2.19. The molecule has 0 amide bonds. The van der Waals surface area contributed by atoms with Gasteiger partial charge in [-0.3, -0.25) is 0 Å². The van der Waals surface area contributed by atoms with Crippen LogP contribution < -0.4 is 16.0 Å². The molecule has 19 heavy (non-hydrogen) atoms. The second-order valence-corrected chi connectivity index (χ2v) is 4.38. The zero-order chi connectivity index (χ0) is 13.7. The van der Waals surface area contributed by atoms with E-state index >= 15 is 0 Å². The first-order chi connectivity index (χ1) is 9.22. The monoisotopic (exact) mass is 280 g/mol. The van der Waals surface area contributed by atoms with Crippen LogP contribution in [0.3, 0.4) is 0 Å². The van der Waals surface area contributed by atoms with Crippen LogP contribution in [-0.4, -0.2) is 16.2 Å². The number of rotatable bonds is 5. The predicted molar refractivity (Wildman–Crippen MR) is 72.4 cm³/mol. The van der Waals surface area contributed by atoms with Gasteiger partial charge in [0.05, 0.1) is 0 Å². The first-order valence-corrected chi connectivity index (χ1v) is 6.71. The van der Waals surface area contributed by atoms with Gasteiger partial charge in [0.15, 0.2) is 5.16 Å². The van der Waals surface area contributed by atoms with Crippen molar-refractivity contribution < 1.29 is 9.13 Å². The van der Waals surface area contributed by atoms with E-state index in [2.05, 4.69) is 15.4 Å². The standard InChI is InChI=1S/C12H13FN4OS/c1-19-12-15-10(17-14)6-11(16-12)18-7-8-4-2-3-5-9(8)13/h2-6H,7,14H2,1H3,(H,15,16,17). The number of halogens is 1. The van der Waals surface area contributed by atoms with E-state index in [1.54, 1.807) is 24.3 Å². The second-order valence-electron chi connectivity index (χ2n) is 3.60. The molecule has 0 radical (unpaired) electrons. The first kappa shape index (κ1) is 13.6. The van der Waals surface area contributed by atoms with E-state index in [4.69, 9.17) is 10.6 Å². The third-order valence-electron chi connectivity index (χ3n) is 2.35. The average molecular weight is 280 g/mol. The summed E-state index contributed by atoms with van der Waals surface area (Å²) < 4.78 is 18.9. The Morgan fingerprint density at radius 3 is 2.84 bits per heavy atom. The van der Waals surface area contributed by atoms with Crippen LogP contribution in [0, 0.1) is 5.82 Å². The molecule has 100 valence electrons. The van der Waals surface area contributed by atoms with E-state index in [0.29, 0.717) is 22.4 Å². The summed E-state index contributed by atoms with van der Waals surface area (Å²) in [4.78, 5) is 8.26. The molecule has 0 bridgehead atoms. The zero-order valence-electron chi connectivity index (χ0n) is 10.3. The minimum absolute atomic E-state index is 0.0987. The maximum atomic E-state index is 13.4. The van der Waals surface area contributed by atoms with Gasteiger partial charge in [-0.25, -0.2) is 15.2 Å². The van der Waals surface area contributed by atoms with Crippen LogP contribution in [-0.2, 0) is 6.61 Å². The lowest BCUT2D eigenvalue weighted by atomic mass is 10.2. The normalized spacial score (nSPS) is 10.3. The number of anilines is 1. The SMILES string of the molecule is CSc1nc(NN)cc(OCc2ccccc2F)n1. The molecule has 0 unspecified atom stereocenters. The van der Waals surface area contributed by atoms with Gasteiger partial charge in [-0.1, -0.05) is 30.0 Å². The van der Waals surface area contributed by atoms with E-state index in [1.807, 2.05) is 6.26 Å². The molecule has 0 saturated carbocycles. The number of aromatic nitrogens is 2. The number of nitrogen functional groups attached to an aromatic ring is 1. The van der Waals surface area contributed by atoms with Crippen molar-refractivity contribution in [2.75, 3.05) is 11.7 Å². The number of benzene rings is 1. The number of nitrogens with zero attached hydrogens (tertiary/aromatic N) is 2. The van der Waals surface area contributed by atoms with Crippen molar-refractivity contribution >= 4 is 17.6 Å². The van der Waals surface area contributed by atoms with Gasteiger partial charge in [0, 0.05) is 11.6 Å². The molecular formula is C12H13FN4OS. The Morgan fingerprint density at radius 1 is 1.37 bits per heavy atom. The van der Waals surface area contributed by atoms with Crippen LogP contribution in [0.25, 0.3) is 0 Å². The van der Waals surface area contributed by atoms with Gasteiger partial charge >= 0.3 is 0 Å². The first-order valence-electron chi connectivity index (χ1n) is 5.49. The Hall–Kier alpha value is -1.86. The van der Waals surface area contributed by atoms with Crippen molar-refractivity contribution in [2.24, 2.45) is 5.84 Å². The summed E-state index contributed by atoms with van der Waals surface area (Å²) in [5, 5.41) is 0.527. The van der Waals surface area contributed by atoms with E-state index in [9.17, 15) is 4.39 Å². The molecule has 0 atom stereocenters. The third kappa shape index (κ3) is 3.55. The summed E-state index contributed by atoms with van der Waals surface area (Å²) in [7, 11) is 0. The Kier molecular flexibility index (Phi) is 4.53. The topological polar surface area (TPSA) is 73.1 Å². The summed E-state index contributed by atoms with van der Waals surface area (Å²) in [6.45, 7) is 0.0987. The quantitative estimate of drug-likeness (QED) is 0.378. The van der Waals surface area contributed by atoms with Crippen molar-refractivity contribution in [2.45, 2.75) is 11.8 Å². The fraction of sp³-hybridized carbons (Fsp3) is 0.167. The molecule has 1 heterocycles. The van der Waals surface area contributed by atoms with Gasteiger partial charge in [0.25, 0.3) is 0 Å². The molecule has 3 N–H and O–H groups in total. The van der Waals surface area contributed by atoms with Crippen LogP contribution in [0.5, 0.6) is 5.88 Å². The summed E-state index contributed by atoms with van der Waals surface area (Å²) in [6.07, 6.45) is 1.84. The number of nitrogens with two attached hydrogens (primary N) is 1. The number of thioether (sulfide) groups is 1. The molecule has 0 aliphatic carbocycles. The zero-order valence-corrected chi connectivity index (χ0v) is 11.1. The van der Waals surface area contributed by atoms with Gasteiger partial charge < -0.3 is 10.2 Å². The van der Waals surface area contributed by atoms with Gasteiger partial charge in [-0.2, -0.15) is 4.98 Å². The number of ether oxygens (including phenoxy) is 1. The Bertz CT molecular complexity index is 545. The number of hydrogen-bond donors (Lipinski definition) is 2. The molecule has 0 fully saturated rings. The predicted octanol–water partition coefficient (Wildman–Crippen LogP) is 2.20. The fourth-order valence-corrected chi connectivity index (χ4v) is 1.78. The van der Waals surface area contributed by atoms with Crippen LogP contribution in [0.15, 0.2) is 35.5 Å². The van der Waals surface area contributed by atoms with Crippen LogP contribution >= 0.6 is 11.8 Å². The molecule has 5 nitrogen and oxygen atoms in total.